The molecular weight excluding hydrogens is 120 g/mol. The van der Waals surface area contributed by atoms with Gasteiger partial charge < -0.3 is 5.11 Å². The lowest BCUT2D eigenvalue weighted by molar-refractivity contribution is 0.188. The second kappa shape index (κ2) is 2.65. The number of nitrogens with zero attached hydrogens (tertiary/aromatic N) is 2. The highest BCUT2D eigenvalue weighted by atomic mass is 16.3. The molecule has 0 aliphatic carbocycles. The third-order valence-corrected chi connectivity index (χ3v) is 1.04. The number of amidine groups is 1. The molecule has 0 amide bonds. The smallest absolute Gasteiger partial charge is 0.165 e. The van der Waals surface area contributed by atoms with E-state index in [9.17, 15) is 0 Å². The maximum atomic E-state index is 8.52. The number of nitrogens with one attached hydrogen (secondary N) is 2. The Kier molecular flexibility index (Phi) is 1.86. The number of hydrazone groups is 1. The summed E-state index contributed by atoms with van der Waals surface area (Å²) in [5, 5.41) is 13.9. The van der Waals surface area contributed by atoms with E-state index >= 15 is 0 Å². The summed E-state index contributed by atoms with van der Waals surface area (Å²) in [5.74, 6) is 0.553. The molecule has 0 spiro atoms. The molecule has 0 radical (unpaired) electrons. The summed E-state index contributed by atoms with van der Waals surface area (Å²) < 4.78 is 0. The van der Waals surface area contributed by atoms with Crippen molar-refractivity contribution in [2.24, 2.45) is 5.10 Å². The third-order valence-electron chi connectivity index (χ3n) is 1.04. The summed E-state index contributed by atoms with van der Waals surface area (Å²) >= 11 is 0. The van der Waals surface area contributed by atoms with Gasteiger partial charge in [0, 0.05) is 6.54 Å². The second-order valence-corrected chi connectivity index (χ2v) is 1.67. The van der Waals surface area contributed by atoms with Crippen molar-refractivity contribution in [2.75, 3.05) is 13.2 Å². The molecule has 3 N–H and O–H groups in total. The summed E-state index contributed by atoms with van der Waals surface area (Å²) in [6, 6.07) is 0. The molecule has 1 aliphatic heterocycles. The molecule has 0 saturated carbocycles. The van der Waals surface area contributed by atoms with Crippen molar-refractivity contribution in [1.82, 2.24) is 16.1 Å². The Morgan fingerprint density at radius 2 is 2.56 bits per heavy atom. The van der Waals surface area contributed by atoms with Crippen molar-refractivity contribution >= 4 is 5.84 Å². The van der Waals surface area contributed by atoms with E-state index in [1.54, 1.807) is 5.12 Å². The van der Waals surface area contributed by atoms with E-state index in [1.165, 1.54) is 0 Å². The summed E-state index contributed by atoms with van der Waals surface area (Å²) in [4.78, 5) is 0. The van der Waals surface area contributed by atoms with Crippen molar-refractivity contribution in [3.05, 3.63) is 0 Å². The number of rotatable bonds is 2. The van der Waals surface area contributed by atoms with E-state index in [4.69, 9.17) is 5.11 Å². The Labute approximate surface area is 53.3 Å². The van der Waals surface area contributed by atoms with E-state index < -0.39 is 0 Å². The summed E-state index contributed by atoms with van der Waals surface area (Å²) in [7, 11) is 0. The molecule has 1 rings (SSSR count). The molecule has 1 heterocycles. The van der Waals surface area contributed by atoms with Crippen molar-refractivity contribution in [1.29, 1.82) is 0 Å². The number of hydrazine groups is 2. The van der Waals surface area contributed by atoms with Gasteiger partial charge in [-0.25, -0.2) is 5.53 Å². The molecule has 0 unspecified atom stereocenters. The fraction of sp³-hybridized carbons (Fsp3) is 0.750. The van der Waals surface area contributed by atoms with Crippen LogP contribution in [-0.4, -0.2) is 29.2 Å². The number of hydrogen-bond donors (Lipinski definition) is 3. The zero-order valence-corrected chi connectivity index (χ0v) is 5.26. The molecule has 0 aromatic heterocycles. The fourth-order valence-corrected chi connectivity index (χ4v) is 0.547. The van der Waals surface area contributed by atoms with Crippen molar-refractivity contribution in [3.63, 3.8) is 0 Å². The molecule has 52 valence electrons. The predicted octanol–water partition coefficient (Wildman–Crippen LogP) is -1.36. The van der Waals surface area contributed by atoms with Gasteiger partial charge in [-0.1, -0.05) is 0 Å². The van der Waals surface area contributed by atoms with Crippen molar-refractivity contribution < 1.29 is 5.11 Å². The van der Waals surface area contributed by atoms with Crippen LogP contribution in [0.15, 0.2) is 5.10 Å². The summed E-state index contributed by atoms with van der Waals surface area (Å²) in [6.45, 7) is 2.71. The molecule has 0 saturated heterocycles. The van der Waals surface area contributed by atoms with Crippen LogP contribution in [0.3, 0.4) is 0 Å². The van der Waals surface area contributed by atoms with Gasteiger partial charge in [0.15, 0.2) is 5.84 Å². The molecule has 0 bridgehead atoms. The Bertz CT molecular complexity index is 124. The molecule has 1 aliphatic rings. The first-order chi connectivity index (χ1) is 4.36. The number of aliphatic hydroxyl groups excluding tert-OH is 1. The molecule has 0 fully saturated rings. The highest BCUT2D eigenvalue weighted by molar-refractivity contribution is 5.83. The van der Waals surface area contributed by atoms with Gasteiger partial charge in [-0.2, -0.15) is 0 Å². The van der Waals surface area contributed by atoms with Gasteiger partial charge >= 0.3 is 0 Å². The highest BCUT2D eigenvalue weighted by Gasteiger charge is 2.09. The maximum Gasteiger partial charge on any atom is 0.165 e. The number of aliphatic hydroxyl groups is 1. The van der Waals surface area contributed by atoms with Crippen LogP contribution in [0.25, 0.3) is 0 Å². The first kappa shape index (κ1) is 6.31. The van der Waals surface area contributed by atoms with E-state index in [1.807, 2.05) is 6.92 Å². The number of hydrogen-bond acceptors (Lipinski definition) is 5. The topological polar surface area (TPSA) is 59.9 Å². The zero-order valence-electron chi connectivity index (χ0n) is 5.26. The SMILES string of the molecule is CCN1NN=C(CO)N1. The molecule has 0 aromatic carbocycles. The van der Waals surface area contributed by atoms with Gasteiger partial charge in [-0.15, -0.1) is 10.2 Å². The maximum absolute atomic E-state index is 8.52. The normalized spacial score (nSPS) is 18.7. The first-order valence-electron chi connectivity index (χ1n) is 2.84. The van der Waals surface area contributed by atoms with Crippen LogP contribution in [0, 0.1) is 0 Å². The largest absolute Gasteiger partial charge is 0.388 e. The van der Waals surface area contributed by atoms with Crippen LogP contribution in [0.1, 0.15) is 6.92 Å². The monoisotopic (exact) mass is 130 g/mol. The predicted molar refractivity (Wildman–Crippen MR) is 33.2 cm³/mol. The van der Waals surface area contributed by atoms with E-state index in [0.717, 1.165) is 6.54 Å². The Morgan fingerprint density at radius 1 is 1.78 bits per heavy atom. The lowest BCUT2D eigenvalue weighted by atomic mass is 10.7. The van der Waals surface area contributed by atoms with E-state index in [0.29, 0.717) is 5.84 Å². The lowest BCUT2D eigenvalue weighted by Crippen LogP contribution is -2.41. The first-order valence-corrected chi connectivity index (χ1v) is 2.84. The molecule has 9 heavy (non-hydrogen) atoms. The van der Waals surface area contributed by atoms with E-state index in [-0.39, 0.29) is 6.61 Å². The van der Waals surface area contributed by atoms with Crippen LogP contribution < -0.4 is 11.0 Å². The molecular formula is C4H10N4O. The minimum absolute atomic E-state index is 0.0521. The van der Waals surface area contributed by atoms with Crippen LogP contribution in [0.2, 0.25) is 0 Å². The van der Waals surface area contributed by atoms with E-state index in [2.05, 4.69) is 16.1 Å². The van der Waals surface area contributed by atoms with Crippen LogP contribution in [-0.2, 0) is 0 Å². The lowest BCUT2D eigenvalue weighted by Gasteiger charge is -2.11. The van der Waals surface area contributed by atoms with Gasteiger partial charge in [0.1, 0.15) is 6.61 Å². The Balaban J connectivity index is 2.31. The average Bonchev–Trinajstić information content (AvgIpc) is 2.34. The van der Waals surface area contributed by atoms with Crippen molar-refractivity contribution in [2.45, 2.75) is 6.92 Å². The minimum atomic E-state index is -0.0521. The quantitative estimate of drug-likeness (QED) is 0.432. The van der Waals surface area contributed by atoms with Gasteiger partial charge in [0.05, 0.1) is 0 Å². The van der Waals surface area contributed by atoms with Crippen molar-refractivity contribution in [3.8, 4) is 0 Å². The zero-order chi connectivity index (χ0) is 6.69. The molecule has 0 atom stereocenters. The second-order valence-electron chi connectivity index (χ2n) is 1.67. The van der Waals surface area contributed by atoms with Crippen LogP contribution >= 0.6 is 0 Å². The summed E-state index contributed by atoms with van der Waals surface area (Å²) in [5.41, 5.74) is 5.47. The molecule has 5 nitrogen and oxygen atoms in total. The average molecular weight is 130 g/mol. The summed E-state index contributed by atoms with van der Waals surface area (Å²) in [6.07, 6.45) is 0. The third kappa shape index (κ3) is 1.30. The fourth-order valence-electron chi connectivity index (χ4n) is 0.547. The van der Waals surface area contributed by atoms with Gasteiger partial charge in [0.25, 0.3) is 0 Å². The molecule has 5 heteroatoms. The standard InChI is InChI=1S/C4H10N4O/c1-2-8-6-4(3-9)5-7-8/h7,9H,2-3H2,1H3,(H,5,6). The van der Waals surface area contributed by atoms with Gasteiger partial charge in [0.2, 0.25) is 0 Å². The van der Waals surface area contributed by atoms with Crippen LogP contribution in [0.5, 0.6) is 0 Å². The van der Waals surface area contributed by atoms with Crippen LogP contribution in [0.4, 0.5) is 0 Å². The Morgan fingerprint density at radius 3 is 2.89 bits per heavy atom. The van der Waals surface area contributed by atoms with Gasteiger partial charge in [-0.3, -0.25) is 5.43 Å². The minimum Gasteiger partial charge on any atom is -0.388 e. The van der Waals surface area contributed by atoms with Gasteiger partial charge in [-0.05, 0) is 6.92 Å². The Hall–Kier alpha value is -0.810. The molecule has 0 aromatic rings. The highest BCUT2D eigenvalue weighted by Crippen LogP contribution is 1.84.